The number of rotatable bonds is 6. The van der Waals surface area contributed by atoms with Crippen molar-refractivity contribution in [2.24, 2.45) is 0 Å². The van der Waals surface area contributed by atoms with Gasteiger partial charge in [-0.05, 0) is 31.7 Å². The van der Waals surface area contributed by atoms with Crippen molar-refractivity contribution in [1.82, 2.24) is 39.1 Å². The summed E-state index contributed by atoms with van der Waals surface area (Å²) in [6.45, 7) is 0. The lowest BCUT2D eigenvalue weighted by molar-refractivity contribution is 0.221. The Hall–Kier alpha value is -4.21. The number of aromatic amines is 1. The molecule has 3 atom stereocenters. The second-order valence-corrected chi connectivity index (χ2v) is 14.5. The number of piperidine rings is 1. The molecule has 42 heavy (non-hydrogen) atoms. The number of sulfone groups is 1. The van der Waals surface area contributed by atoms with E-state index < -0.39 is 19.9 Å². The number of nitrogens with zero attached hydrogens (tertiary/aromatic N) is 7. The van der Waals surface area contributed by atoms with Gasteiger partial charge >= 0.3 is 0 Å². The van der Waals surface area contributed by atoms with Crippen LogP contribution in [0.15, 0.2) is 71.2 Å². The van der Waals surface area contributed by atoms with Crippen molar-refractivity contribution < 1.29 is 16.8 Å². The lowest BCUT2D eigenvalue weighted by atomic mass is 9.89. The summed E-state index contributed by atoms with van der Waals surface area (Å²) in [5.41, 5.74) is 10.4. The number of hydrogen-bond acceptors (Lipinski definition) is 10. The van der Waals surface area contributed by atoms with Gasteiger partial charge in [0.05, 0.1) is 17.6 Å². The van der Waals surface area contributed by atoms with E-state index in [9.17, 15) is 16.8 Å². The Morgan fingerprint density at radius 3 is 2.31 bits per heavy atom. The van der Waals surface area contributed by atoms with Gasteiger partial charge in [0.25, 0.3) is 15.2 Å². The minimum Gasteiger partial charge on any atom is -0.382 e. The first-order valence-corrected chi connectivity index (χ1v) is 16.7. The smallest absolute Gasteiger partial charge is 0.279 e. The molecule has 0 spiro atoms. The van der Waals surface area contributed by atoms with E-state index in [1.54, 1.807) is 12.4 Å². The third-order valence-electron chi connectivity index (χ3n) is 8.15. The molecule has 2 unspecified atom stereocenters. The third kappa shape index (κ3) is 4.26. The van der Waals surface area contributed by atoms with E-state index in [2.05, 4.69) is 25.3 Å². The average molecular weight is 606 g/mol. The van der Waals surface area contributed by atoms with Crippen molar-refractivity contribution in [3.05, 3.63) is 66.9 Å². The molecular formula is C27H27N9O4S2. The predicted molar refractivity (Wildman–Crippen MR) is 153 cm³/mol. The topological polar surface area (TPSA) is 182 Å². The lowest BCUT2D eigenvalue weighted by Gasteiger charge is -2.37. The van der Waals surface area contributed by atoms with E-state index in [1.807, 2.05) is 42.5 Å². The van der Waals surface area contributed by atoms with Crippen LogP contribution in [0.4, 0.5) is 5.82 Å². The molecule has 13 nitrogen and oxygen atoms in total. The standard InChI is InChI=1S/C27H27N9O4S2/c1-41(37,38)24-23(18-11-19-8-9-20(12-18)36(19)42(39,40)27-30-15-31-34-27)33-26-21(14-32-35(26)25(24)28)17-7-10-22(29-13-17)16-5-3-2-4-6-16/h2-7,10,13-15,18-20H,8-9,11-12,28H2,1H3,(H,30,31,34)/t18?,19-,20?/m1/s1. The van der Waals surface area contributed by atoms with Gasteiger partial charge in [-0.2, -0.15) is 13.9 Å². The van der Waals surface area contributed by atoms with Crippen LogP contribution in [0.25, 0.3) is 28.0 Å². The number of anilines is 1. The van der Waals surface area contributed by atoms with Gasteiger partial charge in [0.2, 0.25) is 0 Å². The van der Waals surface area contributed by atoms with Crippen LogP contribution in [0.2, 0.25) is 0 Å². The molecule has 2 aliphatic heterocycles. The molecule has 4 aromatic heterocycles. The highest BCUT2D eigenvalue weighted by atomic mass is 32.2. The fraction of sp³-hybridized carbons (Fsp3) is 0.296. The largest absolute Gasteiger partial charge is 0.382 e. The Morgan fingerprint density at radius 1 is 0.952 bits per heavy atom. The van der Waals surface area contributed by atoms with Crippen molar-refractivity contribution in [3.63, 3.8) is 0 Å². The van der Waals surface area contributed by atoms with Gasteiger partial charge in [0.15, 0.2) is 15.5 Å². The van der Waals surface area contributed by atoms with Crippen LogP contribution in [0.5, 0.6) is 0 Å². The summed E-state index contributed by atoms with van der Waals surface area (Å²) in [6.07, 6.45) is 7.76. The molecule has 7 rings (SSSR count). The van der Waals surface area contributed by atoms with Gasteiger partial charge in [-0.3, -0.25) is 4.98 Å². The molecule has 2 aliphatic rings. The first-order valence-electron chi connectivity index (χ1n) is 13.4. The number of nitrogens with one attached hydrogen (secondary N) is 1. The molecule has 0 aliphatic carbocycles. The molecule has 3 N–H and O–H groups in total. The summed E-state index contributed by atoms with van der Waals surface area (Å²) in [5, 5.41) is 11.5. The van der Waals surface area contributed by atoms with Gasteiger partial charge in [-0.1, -0.05) is 36.4 Å². The van der Waals surface area contributed by atoms with Crippen LogP contribution >= 0.6 is 0 Å². The fourth-order valence-electron chi connectivity index (χ4n) is 6.38. The van der Waals surface area contributed by atoms with Gasteiger partial charge in [0.1, 0.15) is 17.0 Å². The zero-order chi connectivity index (χ0) is 29.2. The van der Waals surface area contributed by atoms with Crippen molar-refractivity contribution in [1.29, 1.82) is 0 Å². The van der Waals surface area contributed by atoms with Crippen LogP contribution < -0.4 is 5.73 Å². The fourth-order valence-corrected chi connectivity index (χ4v) is 9.16. The van der Waals surface area contributed by atoms with E-state index >= 15 is 0 Å². The van der Waals surface area contributed by atoms with E-state index in [0.717, 1.165) is 23.1 Å². The molecule has 0 amide bonds. The van der Waals surface area contributed by atoms with E-state index in [4.69, 9.17) is 10.7 Å². The Morgan fingerprint density at radius 2 is 1.69 bits per heavy atom. The molecule has 15 heteroatoms. The summed E-state index contributed by atoms with van der Waals surface area (Å²) >= 11 is 0. The highest BCUT2D eigenvalue weighted by Gasteiger charge is 2.49. The minimum atomic E-state index is -3.88. The molecule has 6 heterocycles. The zero-order valence-electron chi connectivity index (χ0n) is 22.5. The van der Waals surface area contributed by atoms with Crippen LogP contribution in [0, 0.1) is 0 Å². The number of hydrogen-bond donors (Lipinski definition) is 2. The Bertz CT molecular complexity index is 2000. The van der Waals surface area contributed by atoms with Gasteiger partial charge in [-0.25, -0.2) is 21.8 Å². The number of sulfonamides is 1. The first kappa shape index (κ1) is 26.7. The number of nitrogens with two attached hydrogens (primary N) is 1. The van der Waals surface area contributed by atoms with Crippen molar-refractivity contribution in [2.45, 2.75) is 53.7 Å². The van der Waals surface area contributed by atoms with Crippen LogP contribution in [0.3, 0.4) is 0 Å². The normalized spacial score (nSPS) is 21.2. The van der Waals surface area contributed by atoms with Crippen molar-refractivity contribution in [2.75, 3.05) is 12.0 Å². The SMILES string of the molecule is CS(=O)(=O)c1c(C2CC3CC[C@H](C2)N3S(=O)(=O)c2nnc[nH]2)nc2c(-c3ccc(-c4ccccc4)nc3)cnn2c1N. The van der Waals surface area contributed by atoms with E-state index in [0.29, 0.717) is 42.6 Å². The van der Waals surface area contributed by atoms with Crippen molar-refractivity contribution in [3.8, 4) is 22.4 Å². The Labute approximate surface area is 241 Å². The summed E-state index contributed by atoms with van der Waals surface area (Å²) in [4.78, 5) is 12.0. The second-order valence-electron chi connectivity index (χ2n) is 10.8. The number of fused-ring (bicyclic) bond motifs is 3. The molecule has 0 radical (unpaired) electrons. The molecule has 1 aromatic carbocycles. The number of pyridine rings is 1. The molecule has 216 valence electrons. The van der Waals surface area contributed by atoms with Gasteiger partial charge in [-0.15, -0.1) is 10.2 Å². The van der Waals surface area contributed by atoms with Crippen LogP contribution in [0.1, 0.15) is 37.3 Å². The monoisotopic (exact) mass is 605 g/mol. The maximum atomic E-state index is 13.3. The number of aromatic nitrogens is 7. The number of nitrogen functional groups attached to an aromatic ring is 1. The average Bonchev–Trinajstić information content (AvgIpc) is 3.72. The maximum Gasteiger partial charge on any atom is 0.279 e. The van der Waals surface area contributed by atoms with Crippen LogP contribution in [-0.4, -0.2) is 74.2 Å². The molecule has 2 bridgehead atoms. The highest BCUT2D eigenvalue weighted by Crippen LogP contribution is 2.47. The minimum absolute atomic E-state index is 0.0262. The number of H-pyrrole nitrogens is 1. The predicted octanol–water partition coefficient (Wildman–Crippen LogP) is 2.66. The van der Waals surface area contributed by atoms with E-state index in [1.165, 1.54) is 15.1 Å². The van der Waals surface area contributed by atoms with Gasteiger partial charge < -0.3 is 10.7 Å². The quantitative estimate of drug-likeness (QED) is 0.292. The maximum absolute atomic E-state index is 13.3. The molecule has 5 aromatic rings. The first-order chi connectivity index (χ1) is 20.1. The summed E-state index contributed by atoms with van der Waals surface area (Å²) in [6, 6.07) is 13.0. The van der Waals surface area contributed by atoms with E-state index in [-0.39, 0.29) is 33.9 Å². The Kier molecular flexibility index (Phi) is 6.14. The lowest BCUT2D eigenvalue weighted by Crippen LogP contribution is -2.46. The molecule has 2 saturated heterocycles. The zero-order valence-corrected chi connectivity index (χ0v) is 24.1. The highest BCUT2D eigenvalue weighted by molar-refractivity contribution is 7.91. The van der Waals surface area contributed by atoms with Crippen LogP contribution in [-0.2, 0) is 19.9 Å². The summed E-state index contributed by atoms with van der Waals surface area (Å²) < 4.78 is 55.6. The summed E-state index contributed by atoms with van der Waals surface area (Å²) in [5.74, 6) is -0.358. The third-order valence-corrected chi connectivity index (χ3v) is 11.1. The summed E-state index contributed by atoms with van der Waals surface area (Å²) in [7, 11) is -7.68. The second kappa shape index (κ2) is 9.68. The Balaban J connectivity index is 1.30. The molecule has 0 saturated carbocycles. The molecule has 2 fully saturated rings. The van der Waals surface area contributed by atoms with Gasteiger partial charge in [0, 0.05) is 47.1 Å². The molecular weight excluding hydrogens is 578 g/mol. The number of benzene rings is 1. The van der Waals surface area contributed by atoms with Crippen molar-refractivity contribution >= 4 is 31.3 Å².